The Kier molecular flexibility index (Phi) is 3.88. The summed E-state index contributed by atoms with van der Waals surface area (Å²) in [5.74, 6) is 0.828. The number of aryl methyl sites for hydroxylation is 1. The molecule has 0 N–H and O–H groups in total. The van der Waals surface area contributed by atoms with Crippen molar-refractivity contribution in [1.82, 2.24) is 13.9 Å². The highest BCUT2D eigenvalue weighted by atomic mass is 32.2. The Hall–Kier alpha value is -2.19. The van der Waals surface area contributed by atoms with Crippen LogP contribution in [0.5, 0.6) is 0 Å². The Balaban J connectivity index is 1.52. The highest BCUT2D eigenvalue weighted by Crippen LogP contribution is 2.26. The van der Waals surface area contributed by atoms with Gasteiger partial charge >= 0.3 is 5.97 Å². The van der Waals surface area contributed by atoms with Crippen LogP contribution in [0.2, 0.25) is 0 Å². The van der Waals surface area contributed by atoms with Gasteiger partial charge in [-0.1, -0.05) is 6.07 Å². The molecule has 3 heterocycles. The number of carbonyl (C=O) groups is 1. The molecule has 4 rings (SSSR count). The first-order chi connectivity index (χ1) is 11.9. The number of hydrogen-bond donors (Lipinski definition) is 0. The number of fused-ring (bicyclic) bond motifs is 2. The zero-order chi connectivity index (χ0) is 17.6. The second-order valence-electron chi connectivity index (χ2n) is 6.58. The van der Waals surface area contributed by atoms with Crippen molar-refractivity contribution in [3.8, 4) is 0 Å². The van der Waals surface area contributed by atoms with Crippen LogP contribution in [0.15, 0.2) is 35.5 Å². The molecule has 1 atom stereocenters. The summed E-state index contributed by atoms with van der Waals surface area (Å²) in [5, 5.41) is 0. The molecule has 0 fully saturated rings. The second kappa shape index (κ2) is 5.96. The van der Waals surface area contributed by atoms with Crippen LogP contribution in [-0.2, 0) is 34.3 Å². The van der Waals surface area contributed by atoms with Crippen molar-refractivity contribution in [3.63, 3.8) is 0 Å². The standard InChI is InChI=1S/C17H19N3O4S/c1-19(9-12-2-5-16-18-6-7-20(16)10-12)25(22,23)14-4-3-13-11-24-17(21)15(13)8-14/h3-4,6-8,12H,2,5,9-11H2,1H3/t12-/m1/s1. The quantitative estimate of drug-likeness (QED) is 0.770. The predicted molar refractivity (Wildman–Crippen MR) is 89.4 cm³/mol. The fourth-order valence-corrected chi connectivity index (χ4v) is 4.75. The topological polar surface area (TPSA) is 81.5 Å². The lowest BCUT2D eigenvalue weighted by Crippen LogP contribution is -2.35. The molecule has 7 nitrogen and oxygen atoms in total. The third-order valence-corrected chi connectivity index (χ3v) is 6.74. The van der Waals surface area contributed by atoms with E-state index < -0.39 is 16.0 Å². The minimum Gasteiger partial charge on any atom is -0.457 e. The van der Waals surface area contributed by atoms with E-state index in [1.54, 1.807) is 25.4 Å². The first kappa shape index (κ1) is 16.3. The smallest absolute Gasteiger partial charge is 0.338 e. The lowest BCUT2D eigenvalue weighted by Gasteiger charge is -2.27. The van der Waals surface area contributed by atoms with Crippen LogP contribution in [-0.4, -0.2) is 41.8 Å². The maximum atomic E-state index is 12.9. The van der Waals surface area contributed by atoms with Gasteiger partial charge in [0.1, 0.15) is 12.4 Å². The van der Waals surface area contributed by atoms with Gasteiger partial charge in [0, 0.05) is 44.5 Å². The summed E-state index contributed by atoms with van der Waals surface area (Å²) in [6.45, 7) is 1.41. The number of imidazole rings is 1. The van der Waals surface area contributed by atoms with Crippen LogP contribution in [0.3, 0.4) is 0 Å². The summed E-state index contributed by atoms with van der Waals surface area (Å²) in [5.41, 5.74) is 1.07. The maximum Gasteiger partial charge on any atom is 0.338 e. The molecule has 1 aromatic carbocycles. The molecule has 8 heteroatoms. The van der Waals surface area contributed by atoms with Gasteiger partial charge in [-0.3, -0.25) is 0 Å². The summed E-state index contributed by atoms with van der Waals surface area (Å²) < 4.78 is 34.1. The Bertz CT molecular complexity index is 935. The third-order valence-electron chi connectivity index (χ3n) is 4.92. The van der Waals surface area contributed by atoms with E-state index in [-0.39, 0.29) is 17.4 Å². The van der Waals surface area contributed by atoms with Gasteiger partial charge in [-0.2, -0.15) is 0 Å². The molecule has 0 amide bonds. The molecule has 2 aliphatic heterocycles. The fraction of sp³-hybridized carbons (Fsp3) is 0.412. The molecule has 0 spiro atoms. The minimum absolute atomic E-state index is 0.131. The number of rotatable bonds is 4. The number of esters is 1. The van der Waals surface area contributed by atoms with Crippen molar-refractivity contribution in [2.24, 2.45) is 5.92 Å². The van der Waals surface area contributed by atoms with Crippen molar-refractivity contribution in [2.45, 2.75) is 30.9 Å². The van der Waals surface area contributed by atoms with Crippen molar-refractivity contribution < 1.29 is 17.9 Å². The van der Waals surface area contributed by atoms with Gasteiger partial charge in [0.15, 0.2) is 0 Å². The van der Waals surface area contributed by atoms with Gasteiger partial charge < -0.3 is 9.30 Å². The monoisotopic (exact) mass is 361 g/mol. The van der Waals surface area contributed by atoms with E-state index in [0.29, 0.717) is 12.1 Å². The number of hydrogen-bond acceptors (Lipinski definition) is 5. The summed E-state index contributed by atoms with van der Waals surface area (Å²) in [4.78, 5) is 16.1. The zero-order valence-electron chi connectivity index (χ0n) is 13.9. The fourth-order valence-electron chi connectivity index (χ4n) is 3.48. The number of sulfonamides is 1. The number of ether oxygens (including phenoxy) is 1. The van der Waals surface area contributed by atoms with E-state index >= 15 is 0 Å². The minimum atomic E-state index is -3.65. The summed E-state index contributed by atoms with van der Waals surface area (Å²) in [6.07, 6.45) is 5.48. The highest BCUT2D eigenvalue weighted by molar-refractivity contribution is 7.89. The lowest BCUT2D eigenvalue weighted by atomic mass is 10.00. The van der Waals surface area contributed by atoms with Gasteiger partial charge in [-0.15, -0.1) is 0 Å². The first-order valence-electron chi connectivity index (χ1n) is 8.21. The van der Waals surface area contributed by atoms with Gasteiger partial charge in [0.25, 0.3) is 0 Å². The van der Waals surface area contributed by atoms with E-state index in [2.05, 4.69) is 9.55 Å². The predicted octanol–water partition coefficient (Wildman–Crippen LogP) is 1.44. The number of cyclic esters (lactones) is 1. The van der Waals surface area contributed by atoms with E-state index in [9.17, 15) is 13.2 Å². The van der Waals surface area contributed by atoms with Crippen molar-refractivity contribution in [2.75, 3.05) is 13.6 Å². The largest absolute Gasteiger partial charge is 0.457 e. The van der Waals surface area contributed by atoms with Crippen LogP contribution in [0.4, 0.5) is 0 Å². The van der Waals surface area contributed by atoms with Gasteiger partial charge in [0.2, 0.25) is 10.0 Å². The molecule has 25 heavy (non-hydrogen) atoms. The molecule has 0 bridgehead atoms. The van der Waals surface area contributed by atoms with Crippen LogP contribution >= 0.6 is 0 Å². The Morgan fingerprint density at radius 3 is 3.08 bits per heavy atom. The molecule has 0 saturated carbocycles. The maximum absolute atomic E-state index is 12.9. The van der Waals surface area contributed by atoms with Crippen LogP contribution < -0.4 is 0 Å². The molecular formula is C17H19N3O4S. The lowest BCUT2D eigenvalue weighted by molar-refractivity contribution is 0.0535. The zero-order valence-corrected chi connectivity index (χ0v) is 14.7. The van der Waals surface area contributed by atoms with Crippen molar-refractivity contribution in [1.29, 1.82) is 0 Å². The molecule has 0 radical (unpaired) electrons. The number of nitrogens with zero attached hydrogens (tertiary/aromatic N) is 3. The molecule has 2 aliphatic rings. The van der Waals surface area contributed by atoms with Crippen molar-refractivity contribution in [3.05, 3.63) is 47.5 Å². The van der Waals surface area contributed by atoms with Crippen LogP contribution in [0.1, 0.15) is 28.2 Å². The second-order valence-corrected chi connectivity index (χ2v) is 8.63. The molecule has 132 valence electrons. The summed E-state index contributed by atoms with van der Waals surface area (Å²) in [7, 11) is -2.06. The van der Waals surface area contributed by atoms with Crippen LogP contribution in [0, 0.1) is 5.92 Å². The summed E-state index contributed by atoms with van der Waals surface area (Å²) >= 11 is 0. The molecular weight excluding hydrogens is 342 g/mol. The van der Waals surface area contributed by atoms with Gasteiger partial charge in [-0.05, 0) is 24.5 Å². The van der Waals surface area contributed by atoms with Crippen molar-refractivity contribution >= 4 is 16.0 Å². The van der Waals surface area contributed by atoms with Crippen LogP contribution in [0.25, 0.3) is 0 Å². The number of aromatic nitrogens is 2. The number of benzene rings is 1. The van der Waals surface area contributed by atoms with E-state index in [1.165, 1.54) is 10.4 Å². The average molecular weight is 361 g/mol. The van der Waals surface area contributed by atoms with E-state index in [1.807, 2.05) is 6.20 Å². The van der Waals surface area contributed by atoms with E-state index in [0.717, 1.165) is 30.8 Å². The van der Waals surface area contributed by atoms with Gasteiger partial charge in [0.05, 0.1) is 10.5 Å². The molecule has 1 aromatic heterocycles. The Morgan fingerprint density at radius 2 is 2.24 bits per heavy atom. The Labute approximate surface area is 146 Å². The molecule has 0 aliphatic carbocycles. The highest BCUT2D eigenvalue weighted by Gasteiger charge is 2.29. The molecule has 0 saturated heterocycles. The number of carbonyl (C=O) groups excluding carboxylic acids is 1. The SMILES string of the molecule is CN(C[C@H]1CCc2nccn2C1)S(=O)(=O)c1ccc2c(c1)C(=O)OC2. The summed E-state index contributed by atoms with van der Waals surface area (Å²) in [6, 6.07) is 4.62. The normalized spacial score (nSPS) is 19.6. The van der Waals surface area contributed by atoms with Gasteiger partial charge in [-0.25, -0.2) is 22.5 Å². The Morgan fingerprint density at radius 1 is 1.40 bits per heavy atom. The third kappa shape index (κ3) is 2.85. The molecule has 2 aromatic rings. The first-order valence-corrected chi connectivity index (χ1v) is 9.65. The molecule has 0 unspecified atom stereocenters. The van der Waals surface area contributed by atoms with E-state index in [4.69, 9.17) is 4.74 Å². The average Bonchev–Trinajstić information content (AvgIpc) is 3.21.